The maximum Gasteiger partial charge on any atom is 0.327 e. The lowest BCUT2D eigenvalue weighted by Gasteiger charge is -2.18. The molecule has 0 heterocycles. The first-order chi connectivity index (χ1) is 8.97. The lowest BCUT2D eigenvalue weighted by molar-refractivity contribution is -0.140. The highest BCUT2D eigenvalue weighted by atomic mass is 32.2. The predicted octanol–water partition coefficient (Wildman–Crippen LogP) is -1.10. The molecule has 20 heavy (non-hydrogen) atoms. The third kappa shape index (κ3) is 6.00. The molecule has 0 saturated carbocycles. The fourth-order valence-electron chi connectivity index (χ4n) is 1.36. The van der Waals surface area contributed by atoms with Crippen molar-refractivity contribution in [1.29, 1.82) is 0 Å². The van der Waals surface area contributed by atoms with Gasteiger partial charge in [0.2, 0.25) is 11.8 Å². The highest BCUT2D eigenvalue weighted by molar-refractivity contribution is 7.92. The summed E-state index contributed by atoms with van der Waals surface area (Å²) in [5.74, 6) is -3.67. The van der Waals surface area contributed by atoms with Crippen LogP contribution in [0.2, 0.25) is 0 Å². The van der Waals surface area contributed by atoms with Crippen molar-refractivity contribution in [3.8, 4) is 0 Å². The molecule has 1 unspecified atom stereocenters. The van der Waals surface area contributed by atoms with Crippen molar-refractivity contribution in [1.82, 2.24) is 10.6 Å². The van der Waals surface area contributed by atoms with E-state index >= 15 is 0 Å². The number of carbonyl (C=O) groups excluding carboxylic acids is 2. The Labute approximate surface area is 117 Å². The first-order valence-corrected chi connectivity index (χ1v) is 7.70. The minimum Gasteiger partial charge on any atom is -0.480 e. The van der Waals surface area contributed by atoms with Crippen LogP contribution in [0.25, 0.3) is 0 Å². The van der Waals surface area contributed by atoms with Crippen LogP contribution in [-0.4, -0.2) is 54.4 Å². The zero-order valence-corrected chi connectivity index (χ0v) is 12.7. The van der Waals surface area contributed by atoms with Crippen molar-refractivity contribution in [3.63, 3.8) is 0 Å². The second kappa shape index (κ2) is 7.22. The quantitative estimate of drug-likeness (QED) is 0.547. The molecule has 0 fully saturated rings. The van der Waals surface area contributed by atoms with Crippen LogP contribution in [0.1, 0.15) is 27.7 Å². The van der Waals surface area contributed by atoms with Gasteiger partial charge in [-0.1, -0.05) is 0 Å². The SMILES string of the molecule is CC(=O)N[C@@H](CS(=O)(=O)C(C)C(=O)NC(C)C)C(=O)O. The van der Waals surface area contributed by atoms with Crippen LogP contribution in [0, 0.1) is 0 Å². The minimum atomic E-state index is -4.00. The van der Waals surface area contributed by atoms with Gasteiger partial charge in [-0.15, -0.1) is 0 Å². The molecule has 0 spiro atoms. The zero-order chi connectivity index (χ0) is 16.1. The third-order valence-corrected chi connectivity index (χ3v) is 4.50. The van der Waals surface area contributed by atoms with Gasteiger partial charge in [-0.25, -0.2) is 13.2 Å². The van der Waals surface area contributed by atoms with E-state index < -0.39 is 44.7 Å². The molecule has 0 saturated heterocycles. The maximum absolute atomic E-state index is 12.0. The van der Waals surface area contributed by atoms with Crippen molar-refractivity contribution >= 4 is 27.6 Å². The van der Waals surface area contributed by atoms with E-state index in [2.05, 4.69) is 5.32 Å². The molecule has 0 aromatic carbocycles. The van der Waals surface area contributed by atoms with Crippen LogP contribution in [-0.2, 0) is 24.2 Å². The molecule has 0 aliphatic heterocycles. The maximum atomic E-state index is 12.0. The first-order valence-electron chi connectivity index (χ1n) is 5.99. The summed E-state index contributed by atoms with van der Waals surface area (Å²) in [6.07, 6.45) is 0. The molecule has 0 aromatic heterocycles. The number of carbonyl (C=O) groups is 3. The normalized spacial score (nSPS) is 14.4. The van der Waals surface area contributed by atoms with Gasteiger partial charge in [0.25, 0.3) is 0 Å². The summed E-state index contributed by atoms with van der Waals surface area (Å²) in [6, 6.07) is -1.81. The number of hydrogen-bond donors (Lipinski definition) is 3. The Hall–Kier alpha value is -1.64. The fourth-order valence-corrected chi connectivity index (χ4v) is 2.74. The number of sulfone groups is 1. The number of rotatable bonds is 7. The summed E-state index contributed by atoms with van der Waals surface area (Å²) >= 11 is 0. The average Bonchev–Trinajstić information content (AvgIpc) is 2.24. The topological polar surface area (TPSA) is 130 Å². The Balaban J connectivity index is 4.98. The summed E-state index contributed by atoms with van der Waals surface area (Å²) in [5, 5.41) is 11.9. The molecule has 116 valence electrons. The standard InChI is InChI=1S/C11H20N2O6S/c1-6(2)12-10(15)7(3)20(18,19)5-9(11(16)17)13-8(4)14/h6-7,9H,5H2,1-4H3,(H,12,15)(H,13,14)(H,16,17)/t7?,9-/m0/s1. The van der Waals surface area contributed by atoms with Gasteiger partial charge in [-0.3, -0.25) is 9.59 Å². The molecule has 3 N–H and O–H groups in total. The van der Waals surface area contributed by atoms with E-state index in [0.717, 1.165) is 6.92 Å². The van der Waals surface area contributed by atoms with Crippen molar-refractivity contribution in [2.24, 2.45) is 0 Å². The zero-order valence-electron chi connectivity index (χ0n) is 11.8. The van der Waals surface area contributed by atoms with Crippen molar-refractivity contribution in [2.75, 3.05) is 5.75 Å². The third-order valence-electron chi connectivity index (χ3n) is 2.41. The second-order valence-corrected chi connectivity index (χ2v) is 7.09. The molecule has 9 heteroatoms. The number of amides is 2. The van der Waals surface area contributed by atoms with Gasteiger partial charge in [0, 0.05) is 13.0 Å². The molecule has 2 atom stereocenters. The average molecular weight is 308 g/mol. The molecule has 0 rings (SSSR count). The summed E-state index contributed by atoms with van der Waals surface area (Å²) in [4.78, 5) is 33.4. The Bertz CT molecular complexity index is 485. The Morgan fingerprint density at radius 1 is 1.10 bits per heavy atom. The van der Waals surface area contributed by atoms with Crippen molar-refractivity contribution in [3.05, 3.63) is 0 Å². The first kappa shape index (κ1) is 18.4. The molecule has 0 aromatic rings. The van der Waals surface area contributed by atoms with Crippen LogP contribution in [0.4, 0.5) is 0 Å². The fraction of sp³-hybridized carbons (Fsp3) is 0.727. The van der Waals surface area contributed by atoms with Crippen LogP contribution >= 0.6 is 0 Å². The molecular weight excluding hydrogens is 288 g/mol. The largest absolute Gasteiger partial charge is 0.480 e. The monoisotopic (exact) mass is 308 g/mol. The van der Waals surface area contributed by atoms with Gasteiger partial charge in [0.1, 0.15) is 11.3 Å². The van der Waals surface area contributed by atoms with Gasteiger partial charge in [0.15, 0.2) is 9.84 Å². The smallest absolute Gasteiger partial charge is 0.327 e. The summed E-state index contributed by atoms with van der Waals surface area (Å²) in [6.45, 7) is 5.61. The number of carboxylic acid groups (broad SMARTS) is 1. The van der Waals surface area contributed by atoms with Crippen LogP contribution in [0.15, 0.2) is 0 Å². The molecule has 0 aliphatic carbocycles. The van der Waals surface area contributed by atoms with E-state index in [-0.39, 0.29) is 6.04 Å². The molecule has 0 aliphatic rings. The summed E-state index contributed by atoms with van der Waals surface area (Å²) < 4.78 is 23.9. The lowest BCUT2D eigenvalue weighted by atomic mass is 10.3. The van der Waals surface area contributed by atoms with E-state index in [0.29, 0.717) is 0 Å². The number of hydrogen-bond acceptors (Lipinski definition) is 5. The molecule has 0 bridgehead atoms. The van der Waals surface area contributed by atoms with Crippen LogP contribution in [0.3, 0.4) is 0 Å². The van der Waals surface area contributed by atoms with Gasteiger partial charge >= 0.3 is 5.97 Å². The van der Waals surface area contributed by atoms with Crippen molar-refractivity contribution < 1.29 is 27.9 Å². The summed E-state index contributed by atoms with van der Waals surface area (Å²) in [7, 11) is -4.00. The van der Waals surface area contributed by atoms with E-state index in [9.17, 15) is 22.8 Å². The predicted molar refractivity (Wildman–Crippen MR) is 71.8 cm³/mol. The highest BCUT2D eigenvalue weighted by Crippen LogP contribution is 2.06. The van der Waals surface area contributed by atoms with E-state index in [1.807, 2.05) is 5.32 Å². The highest BCUT2D eigenvalue weighted by Gasteiger charge is 2.33. The number of carboxylic acids is 1. The van der Waals surface area contributed by atoms with E-state index in [1.165, 1.54) is 6.92 Å². The number of nitrogens with one attached hydrogen (secondary N) is 2. The van der Waals surface area contributed by atoms with Crippen molar-refractivity contribution in [2.45, 2.75) is 45.0 Å². The second-order valence-electron chi connectivity index (χ2n) is 4.73. The van der Waals surface area contributed by atoms with E-state index in [4.69, 9.17) is 5.11 Å². The molecule has 0 radical (unpaired) electrons. The Morgan fingerprint density at radius 2 is 1.60 bits per heavy atom. The van der Waals surface area contributed by atoms with Gasteiger partial charge in [0.05, 0.1) is 5.75 Å². The molecular formula is C11H20N2O6S. The number of aliphatic carboxylic acids is 1. The summed E-state index contributed by atoms with van der Waals surface area (Å²) in [5.41, 5.74) is 0. The van der Waals surface area contributed by atoms with Gasteiger partial charge < -0.3 is 15.7 Å². The Kier molecular flexibility index (Phi) is 6.63. The van der Waals surface area contributed by atoms with Gasteiger partial charge in [-0.05, 0) is 20.8 Å². The molecule has 2 amide bonds. The van der Waals surface area contributed by atoms with E-state index in [1.54, 1.807) is 13.8 Å². The van der Waals surface area contributed by atoms with Crippen LogP contribution < -0.4 is 10.6 Å². The van der Waals surface area contributed by atoms with Crippen LogP contribution in [0.5, 0.6) is 0 Å². The van der Waals surface area contributed by atoms with Gasteiger partial charge in [-0.2, -0.15) is 0 Å². The minimum absolute atomic E-state index is 0.231. The lowest BCUT2D eigenvalue weighted by Crippen LogP contribution is -2.49. The Morgan fingerprint density at radius 3 is 1.95 bits per heavy atom. The molecule has 8 nitrogen and oxygen atoms in total.